The smallest absolute Gasteiger partial charge is 0.141 e. The Morgan fingerprint density at radius 2 is 1.85 bits per heavy atom. The third-order valence-corrected chi connectivity index (χ3v) is 4.56. The third-order valence-electron chi connectivity index (χ3n) is 4.56. The van der Waals surface area contributed by atoms with E-state index in [9.17, 15) is 0 Å². The van der Waals surface area contributed by atoms with Gasteiger partial charge in [0, 0.05) is 6.04 Å². The fourth-order valence-corrected chi connectivity index (χ4v) is 3.11. The van der Waals surface area contributed by atoms with E-state index >= 15 is 0 Å². The van der Waals surface area contributed by atoms with Crippen molar-refractivity contribution in [3.8, 4) is 5.75 Å². The number of hydrogen-bond donors (Lipinski definition) is 1. The lowest BCUT2D eigenvalue weighted by Gasteiger charge is -2.25. The average molecular weight is 275 g/mol. The minimum Gasteiger partial charge on any atom is -0.495 e. The van der Waals surface area contributed by atoms with Gasteiger partial charge in [-0.1, -0.05) is 39.7 Å². The van der Waals surface area contributed by atoms with Crippen molar-refractivity contribution in [2.75, 3.05) is 12.4 Å². The summed E-state index contributed by atoms with van der Waals surface area (Å²) in [4.78, 5) is 0. The van der Waals surface area contributed by atoms with Gasteiger partial charge in [0.1, 0.15) is 5.75 Å². The summed E-state index contributed by atoms with van der Waals surface area (Å²) in [7, 11) is 1.75. The molecule has 2 nitrogen and oxygen atoms in total. The normalized spacial score (nSPS) is 18.1. The van der Waals surface area contributed by atoms with E-state index in [0.717, 1.165) is 17.4 Å². The number of methoxy groups -OCH3 is 1. The lowest BCUT2D eigenvalue weighted by Crippen LogP contribution is -2.24. The van der Waals surface area contributed by atoms with E-state index in [2.05, 4.69) is 51.2 Å². The number of rotatable bonds is 4. The maximum atomic E-state index is 5.51. The van der Waals surface area contributed by atoms with E-state index in [0.29, 0.717) is 6.04 Å². The molecule has 0 saturated heterocycles. The van der Waals surface area contributed by atoms with Gasteiger partial charge in [-0.2, -0.15) is 0 Å². The first-order chi connectivity index (χ1) is 9.41. The van der Waals surface area contributed by atoms with Crippen LogP contribution < -0.4 is 10.1 Å². The fraction of sp³-hybridized carbons (Fsp3) is 0.667. The molecule has 1 unspecified atom stereocenters. The fourth-order valence-electron chi connectivity index (χ4n) is 3.11. The standard InChI is InChI=1S/C18H29NO/c1-13(14-8-6-7-9-14)19-16-12-15(18(2,3)4)10-11-17(16)20-5/h10-14,19H,6-9H2,1-5H3. The van der Waals surface area contributed by atoms with Gasteiger partial charge in [0.05, 0.1) is 12.8 Å². The second-order valence-electron chi connectivity index (χ2n) is 7.14. The Labute approximate surface area is 123 Å². The molecule has 0 aliphatic heterocycles. The van der Waals surface area contributed by atoms with E-state index < -0.39 is 0 Å². The summed E-state index contributed by atoms with van der Waals surface area (Å²) in [5.74, 6) is 1.75. The maximum Gasteiger partial charge on any atom is 0.141 e. The van der Waals surface area contributed by atoms with Crippen molar-refractivity contribution in [1.29, 1.82) is 0 Å². The van der Waals surface area contributed by atoms with Crippen LogP contribution in [0.1, 0.15) is 58.9 Å². The van der Waals surface area contributed by atoms with Crippen LogP contribution in [-0.2, 0) is 5.41 Å². The Kier molecular flexibility index (Phi) is 4.62. The summed E-state index contributed by atoms with van der Waals surface area (Å²) in [5, 5.41) is 3.69. The van der Waals surface area contributed by atoms with Crippen LogP contribution in [0, 0.1) is 5.92 Å². The molecule has 1 aliphatic carbocycles. The van der Waals surface area contributed by atoms with Gasteiger partial charge in [0.2, 0.25) is 0 Å². The SMILES string of the molecule is COc1ccc(C(C)(C)C)cc1NC(C)C1CCCC1. The van der Waals surface area contributed by atoms with Crippen molar-refractivity contribution >= 4 is 5.69 Å². The average Bonchev–Trinajstić information content (AvgIpc) is 2.91. The first-order valence-corrected chi connectivity index (χ1v) is 7.87. The molecule has 0 heterocycles. The summed E-state index contributed by atoms with van der Waals surface area (Å²) in [6, 6.07) is 7.03. The van der Waals surface area contributed by atoms with Gasteiger partial charge in [-0.3, -0.25) is 0 Å². The second kappa shape index (κ2) is 6.07. The Morgan fingerprint density at radius 3 is 2.40 bits per heavy atom. The molecule has 1 N–H and O–H groups in total. The van der Waals surface area contributed by atoms with E-state index in [1.807, 2.05) is 0 Å². The first kappa shape index (κ1) is 15.2. The molecule has 112 valence electrons. The van der Waals surface area contributed by atoms with Gasteiger partial charge in [0.25, 0.3) is 0 Å². The molecule has 0 aromatic heterocycles. The highest BCUT2D eigenvalue weighted by molar-refractivity contribution is 5.59. The molecule has 2 heteroatoms. The molecule has 1 aromatic rings. The van der Waals surface area contributed by atoms with Crippen molar-refractivity contribution in [2.45, 2.75) is 64.8 Å². The molecule has 1 aromatic carbocycles. The van der Waals surface area contributed by atoms with Crippen LogP contribution in [0.2, 0.25) is 0 Å². The van der Waals surface area contributed by atoms with Gasteiger partial charge in [-0.25, -0.2) is 0 Å². The molecule has 0 radical (unpaired) electrons. The molecule has 2 rings (SSSR count). The van der Waals surface area contributed by atoms with E-state index in [-0.39, 0.29) is 5.41 Å². The zero-order chi connectivity index (χ0) is 14.8. The van der Waals surface area contributed by atoms with Gasteiger partial charge in [0.15, 0.2) is 0 Å². The van der Waals surface area contributed by atoms with Crippen LogP contribution in [-0.4, -0.2) is 13.2 Å². The number of anilines is 1. The Morgan fingerprint density at radius 1 is 1.20 bits per heavy atom. The van der Waals surface area contributed by atoms with Gasteiger partial charge >= 0.3 is 0 Å². The predicted molar refractivity (Wildman–Crippen MR) is 86.7 cm³/mol. The number of nitrogens with one attached hydrogen (secondary N) is 1. The van der Waals surface area contributed by atoms with Crippen LogP contribution >= 0.6 is 0 Å². The van der Waals surface area contributed by atoms with E-state index in [1.54, 1.807) is 7.11 Å². The van der Waals surface area contributed by atoms with Crippen LogP contribution in [0.4, 0.5) is 5.69 Å². The molecular weight excluding hydrogens is 246 g/mol. The quantitative estimate of drug-likeness (QED) is 0.836. The molecule has 0 amide bonds. The lowest BCUT2D eigenvalue weighted by molar-refractivity contribution is 0.413. The van der Waals surface area contributed by atoms with Crippen LogP contribution in [0.5, 0.6) is 5.75 Å². The number of hydrogen-bond acceptors (Lipinski definition) is 2. The summed E-state index contributed by atoms with van der Waals surface area (Å²) in [6.07, 6.45) is 5.48. The maximum absolute atomic E-state index is 5.51. The predicted octanol–water partition coefficient (Wildman–Crippen LogP) is 4.98. The molecular formula is C18H29NO. The van der Waals surface area contributed by atoms with Crippen molar-refractivity contribution in [3.63, 3.8) is 0 Å². The summed E-state index contributed by atoms with van der Waals surface area (Å²) in [5.41, 5.74) is 2.65. The van der Waals surface area contributed by atoms with E-state index in [4.69, 9.17) is 4.74 Å². The Balaban J connectivity index is 2.19. The highest BCUT2D eigenvalue weighted by Crippen LogP contribution is 2.34. The Hall–Kier alpha value is -1.18. The van der Waals surface area contributed by atoms with Gasteiger partial charge in [-0.15, -0.1) is 0 Å². The zero-order valence-electron chi connectivity index (χ0n) is 13.6. The summed E-state index contributed by atoms with van der Waals surface area (Å²) >= 11 is 0. The first-order valence-electron chi connectivity index (χ1n) is 7.87. The topological polar surface area (TPSA) is 21.3 Å². The molecule has 0 bridgehead atoms. The zero-order valence-corrected chi connectivity index (χ0v) is 13.6. The summed E-state index contributed by atoms with van der Waals surface area (Å²) < 4.78 is 5.51. The monoisotopic (exact) mass is 275 g/mol. The molecule has 1 aliphatic rings. The number of ether oxygens (including phenoxy) is 1. The minimum atomic E-state index is 0.166. The van der Waals surface area contributed by atoms with Crippen molar-refractivity contribution in [1.82, 2.24) is 0 Å². The minimum absolute atomic E-state index is 0.166. The van der Waals surface area contributed by atoms with Crippen molar-refractivity contribution in [2.24, 2.45) is 5.92 Å². The van der Waals surface area contributed by atoms with Crippen LogP contribution in [0.3, 0.4) is 0 Å². The Bertz CT molecular complexity index is 441. The van der Waals surface area contributed by atoms with E-state index in [1.165, 1.54) is 31.2 Å². The molecule has 1 saturated carbocycles. The molecule has 0 spiro atoms. The highest BCUT2D eigenvalue weighted by atomic mass is 16.5. The molecule has 1 fully saturated rings. The van der Waals surface area contributed by atoms with Crippen molar-refractivity contribution < 1.29 is 4.74 Å². The third kappa shape index (κ3) is 3.47. The largest absolute Gasteiger partial charge is 0.495 e. The highest BCUT2D eigenvalue weighted by Gasteiger charge is 2.23. The molecule has 20 heavy (non-hydrogen) atoms. The van der Waals surface area contributed by atoms with Gasteiger partial charge < -0.3 is 10.1 Å². The number of benzene rings is 1. The lowest BCUT2D eigenvalue weighted by atomic mass is 9.86. The van der Waals surface area contributed by atoms with Crippen molar-refractivity contribution in [3.05, 3.63) is 23.8 Å². The van der Waals surface area contributed by atoms with Crippen LogP contribution in [0.25, 0.3) is 0 Å². The van der Waals surface area contributed by atoms with Gasteiger partial charge in [-0.05, 0) is 48.8 Å². The summed E-state index contributed by atoms with van der Waals surface area (Å²) in [6.45, 7) is 9.05. The van der Waals surface area contributed by atoms with Crippen LogP contribution in [0.15, 0.2) is 18.2 Å². The molecule has 1 atom stereocenters. The second-order valence-corrected chi connectivity index (χ2v) is 7.14.